The van der Waals surface area contributed by atoms with Gasteiger partial charge >= 0.3 is 0 Å². The predicted octanol–water partition coefficient (Wildman–Crippen LogP) is 3.94. The molecule has 1 fully saturated rings. The van der Waals surface area contributed by atoms with Crippen molar-refractivity contribution in [1.29, 1.82) is 0 Å². The number of benzene rings is 2. The van der Waals surface area contributed by atoms with Gasteiger partial charge in [0.2, 0.25) is 5.91 Å². The van der Waals surface area contributed by atoms with Gasteiger partial charge in [0.05, 0.1) is 6.54 Å². The molecule has 1 unspecified atom stereocenters. The fraction of sp³-hybridized carbons (Fsp3) is 0.318. The van der Waals surface area contributed by atoms with Crippen molar-refractivity contribution in [1.82, 2.24) is 5.32 Å². The van der Waals surface area contributed by atoms with E-state index in [1.165, 1.54) is 22.3 Å². The van der Waals surface area contributed by atoms with Gasteiger partial charge in [0.1, 0.15) is 5.66 Å². The van der Waals surface area contributed by atoms with Gasteiger partial charge in [0, 0.05) is 11.1 Å². The van der Waals surface area contributed by atoms with Crippen molar-refractivity contribution in [3.63, 3.8) is 0 Å². The highest BCUT2D eigenvalue weighted by molar-refractivity contribution is 5.91. The first-order valence-corrected chi connectivity index (χ1v) is 8.80. The summed E-state index contributed by atoms with van der Waals surface area (Å²) in [5, 5.41) is 3.28. The number of nitrogens with one attached hydrogen (secondary N) is 1. The van der Waals surface area contributed by atoms with Crippen LogP contribution in [0.5, 0.6) is 0 Å². The molecule has 0 aliphatic carbocycles. The zero-order chi connectivity index (χ0) is 17.8. The lowest BCUT2D eigenvalue weighted by atomic mass is 9.75. The Labute approximate surface area is 149 Å². The number of fused-ring (bicyclic) bond motifs is 3. The molecule has 0 spiro atoms. The third-order valence-corrected chi connectivity index (χ3v) is 5.82. The van der Waals surface area contributed by atoms with E-state index in [0.29, 0.717) is 6.54 Å². The van der Waals surface area contributed by atoms with E-state index in [4.69, 9.17) is 0 Å². The lowest BCUT2D eigenvalue weighted by molar-refractivity contribution is -0.118. The van der Waals surface area contributed by atoms with Gasteiger partial charge in [-0.15, -0.1) is 0 Å². The van der Waals surface area contributed by atoms with Crippen molar-refractivity contribution in [2.75, 3.05) is 11.4 Å². The number of hydrogen-bond donors (Lipinski definition) is 1. The Kier molecular flexibility index (Phi) is 3.33. The summed E-state index contributed by atoms with van der Waals surface area (Å²) in [5.41, 5.74) is 5.36. The van der Waals surface area contributed by atoms with Gasteiger partial charge < -0.3 is 10.2 Å². The molecule has 0 bridgehead atoms. The molecule has 3 nitrogen and oxygen atoms in total. The van der Waals surface area contributed by atoms with Crippen molar-refractivity contribution < 1.29 is 4.79 Å². The first-order chi connectivity index (χ1) is 11.8. The normalized spacial score (nSPS) is 23.7. The van der Waals surface area contributed by atoms with Gasteiger partial charge in [-0.25, -0.2) is 0 Å². The molecule has 0 saturated carbocycles. The maximum absolute atomic E-state index is 12.3. The molecule has 1 atom stereocenters. The topological polar surface area (TPSA) is 32.3 Å². The molecule has 2 aromatic carbocycles. The molecular formula is C22H24N2O. The van der Waals surface area contributed by atoms with Gasteiger partial charge in [-0.1, -0.05) is 61.9 Å². The fourth-order valence-electron chi connectivity index (χ4n) is 4.27. The quantitative estimate of drug-likeness (QED) is 0.903. The van der Waals surface area contributed by atoms with E-state index in [2.05, 4.69) is 80.4 Å². The molecule has 128 valence electrons. The molecule has 2 aliphatic heterocycles. The van der Waals surface area contributed by atoms with Crippen molar-refractivity contribution in [2.45, 2.75) is 38.8 Å². The average molecular weight is 332 g/mol. The van der Waals surface area contributed by atoms with Crippen LogP contribution in [0, 0.1) is 13.8 Å². The predicted molar refractivity (Wildman–Crippen MR) is 103 cm³/mol. The molecule has 25 heavy (non-hydrogen) atoms. The molecule has 1 saturated heterocycles. The van der Waals surface area contributed by atoms with Crippen LogP contribution in [-0.2, 0) is 10.2 Å². The Hall–Kier alpha value is -2.55. The van der Waals surface area contributed by atoms with E-state index < -0.39 is 5.66 Å². The molecule has 1 amide bonds. The molecule has 0 radical (unpaired) electrons. The minimum Gasteiger partial charge on any atom is -0.335 e. The monoisotopic (exact) mass is 332 g/mol. The van der Waals surface area contributed by atoms with Crippen LogP contribution >= 0.6 is 0 Å². The molecule has 2 heterocycles. The lowest BCUT2D eigenvalue weighted by Gasteiger charge is -2.40. The minimum atomic E-state index is -0.525. The summed E-state index contributed by atoms with van der Waals surface area (Å²) in [6.45, 7) is 9.07. The number of anilines is 1. The van der Waals surface area contributed by atoms with E-state index in [9.17, 15) is 4.79 Å². The fourth-order valence-corrected chi connectivity index (χ4v) is 4.27. The standard InChI is InChI=1S/C22H24N2O/c1-15-9-10-19-18(13-15)21(3,4)22(23-20(25)14-24(19)22)12-11-17-8-6-5-7-16(17)2/h5-13H,14H2,1-4H3,(H,23,25). The third kappa shape index (κ3) is 2.15. The van der Waals surface area contributed by atoms with Crippen LogP contribution in [-0.4, -0.2) is 18.1 Å². The molecule has 4 rings (SSSR count). The highest BCUT2D eigenvalue weighted by atomic mass is 16.2. The van der Waals surface area contributed by atoms with Crippen LogP contribution < -0.4 is 10.2 Å². The summed E-state index contributed by atoms with van der Waals surface area (Å²) in [6.07, 6.45) is 4.32. The number of carbonyl (C=O) groups is 1. The second-order valence-electron chi connectivity index (χ2n) is 7.74. The van der Waals surface area contributed by atoms with Crippen molar-refractivity contribution in [2.24, 2.45) is 0 Å². The van der Waals surface area contributed by atoms with E-state index >= 15 is 0 Å². The molecule has 2 aromatic rings. The summed E-state index contributed by atoms with van der Waals surface area (Å²) in [7, 11) is 0. The van der Waals surface area contributed by atoms with E-state index in [1.54, 1.807) is 0 Å². The summed E-state index contributed by atoms with van der Waals surface area (Å²) in [4.78, 5) is 14.5. The van der Waals surface area contributed by atoms with Gasteiger partial charge in [0.15, 0.2) is 0 Å². The second-order valence-corrected chi connectivity index (χ2v) is 7.74. The Morgan fingerprint density at radius 2 is 1.88 bits per heavy atom. The zero-order valence-corrected chi connectivity index (χ0v) is 15.3. The molecule has 1 N–H and O–H groups in total. The highest BCUT2D eigenvalue weighted by Crippen LogP contribution is 2.53. The second kappa shape index (κ2) is 5.22. The number of rotatable bonds is 2. The van der Waals surface area contributed by atoms with Crippen molar-refractivity contribution >= 4 is 17.7 Å². The van der Waals surface area contributed by atoms with Gasteiger partial charge in [-0.2, -0.15) is 0 Å². The number of carbonyl (C=O) groups excluding carboxylic acids is 1. The first kappa shape index (κ1) is 15.9. The van der Waals surface area contributed by atoms with Gasteiger partial charge in [-0.05, 0) is 42.7 Å². The molecule has 3 heteroatoms. The van der Waals surface area contributed by atoms with Crippen LogP contribution in [0.15, 0.2) is 48.5 Å². The van der Waals surface area contributed by atoms with Crippen LogP contribution in [0.3, 0.4) is 0 Å². The minimum absolute atomic E-state index is 0.0775. The molecule has 2 aliphatic rings. The Morgan fingerprint density at radius 1 is 1.12 bits per heavy atom. The van der Waals surface area contributed by atoms with Crippen LogP contribution in [0.2, 0.25) is 0 Å². The first-order valence-electron chi connectivity index (χ1n) is 8.80. The summed E-state index contributed by atoms with van der Waals surface area (Å²) in [6, 6.07) is 14.8. The molecule has 0 aromatic heterocycles. The number of amides is 1. The summed E-state index contributed by atoms with van der Waals surface area (Å²) < 4.78 is 0. The Bertz CT molecular complexity index is 897. The highest BCUT2D eigenvalue weighted by Gasteiger charge is 2.59. The lowest BCUT2D eigenvalue weighted by Crippen LogP contribution is -2.58. The van der Waals surface area contributed by atoms with Gasteiger partial charge in [-0.3, -0.25) is 4.79 Å². The third-order valence-electron chi connectivity index (χ3n) is 5.82. The molecular weight excluding hydrogens is 308 g/mol. The van der Waals surface area contributed by atoms with Crippen LogP contribution in [0.25, 0.3) is 6.08 Å². The van der Waals surface area contributed by atoms with E-state index in [0.717, 1.165) is 5.69 Å². The average Bonchev–Trinajstić information content (AvgIpc) is 2.99. The number of aryl methyl sites for hydroxylation is 2. The largest absolute Gasteiger partial charge is 0.335 e. The SMILES string of the molecule is Cc1ccc2c(c1)C(C)(C)C1(C=Cc3ccccc3C)NC(=O)CN21. The van der Waals surface area contributed by atoms with E-state index in [-0.39, 0.29) is 11.3 Å². The smallest absolute Gasteiger partial charge is 0.241 e. The van der Waals surface area contributed by atoms with E-state index in [1.807, 2.05) is 12.1 Å². The van der Waals surface area contributed by atoms with Crippen LogP contribution in [0.1, 0.15) is 36.1 Å². The van der Waals surface area contributed by atoms with Gasteiger partial charge in [0.25, 0.3) is 0 Å². The summed E-state index contributed by atoms with van der Waals surface area (Å²) >= 11 is 0. The Morgan fingerprint density at radius 3 is 2.64 bits per heavy atom. The number of hydrogen-bond acceptors (Lipinski definition) is 2. The van der Waals surface area contributed by atoms with Crippen molar-refractivity contribution in [3.8, 4) is 0 Å². The summed E-state index contributed by atoms with van der Waals surface area (Å²) in [5.74, 6) is 0.0775. The Balaban J connectivity index is 1.87. The number of nitrogens with zero attached hydrogens (tertiary/aromatic N) is 1. The van der Waals surface area contributed by atoms with Crippen LogP contribution in [0.4, 0.5) is 5.69 Å². The van der Waals surface area contributed by atoms with Crippen molar-refractivity contribution in [3.05, 3.63) is 70.8 Å². The maximum atomic E-state index is 12.3. The zero-order valence-electron chi connectivity index (χ0n) is 15.3. The maximum Gasteiger partial charge on any atom is 0.241 e.